The first-order valence-electron chi connectivity index (χ1n) is 5.84. The standard InChI is InChI=1S/C15H14BrClO/c16-13-8-6-11(14(17)10-13)7-9-15(18)12-4-2-1-3-5-12/h1-6,8,10,15,18H,7,9H2. The van der Waals surface area contributed by atoms with Crippen LogP contribution in [0.25, 0.3) is 0 Å². The minimum absolute atomic E-state index is 0.439. The second kappa shape index (κ2) is 6.37. The Bertz CT molecular complexity index is 513. The van der Waals surface area contributed by atoms with Gasteiger partial charge in [-0.15, -0.1) is 0 Å². The minimum Gasteiger partial charge on any atom is -0.388 e. The fourth-order valence-corrected chi connectivity index (χ4v) is 2.63. The third kappa shape index (κ3) is 3.58. The molecule has 18 heavy (non-hydrogen) atoms. The van der Waals surface area contributed by atoms with Gasteiger partial charge in [0.15, 0.2) is 0 Å². The van der Waals surface area contributed by atoms with Crippen LogP contribution in [-0.4, -0.2) is 5.11 Å². The van der Waals surface area contributed by atoms with Crippen molar-refractivity contribution in [2.45, 2.75) is 18.9 Å². The maximum absolute atomic E-state index is 10.1. The van der Waals surface area contributed by atoms with Crippen molar-refractivity contribution in [3.63, 3.8) is 0 Å². The molecule has 0 aliphatic rings. The van der Waals surface area contributed by atoms with Crippen LogP contribution in [0.4, 0.5) is 0 Å². The van der Waals surface area contributed by atoms with Crippen molar-refractivity contribution >= 4 is 27.5 Å². The number of aliphatic hydroxyl groups excluding tert-OH is 1. The zero-order chi connectivity index (χ0) is 13.0. The maximum atomic E-state index is 10.1. The molecule has 1 nitrogen and oxygen atoms in total. The Hall–Kier alpha value is -0.830. The van der Waals surface area contributed by atoms with Crippen LogP contribution >= 0.6 is 27.5 Å². The van der Waals surface area contributed by atoms with Gasteiger partial charge in [-0.25, -0.2) is 0 Å². The average Bonchev–Trinajstić information content (AvgIpc) is 2.38. The third-order valence-corrected chi connectivity index (χ3v) is 3.73. The highest BCUT2D eigenvalue weighted by Gasteiger charge is 2.08. The zero-order valence-electron chi connectivity index (χ0n) is 9.81. The van der Waals surface area contributed by atoms with Crippen LogP contribution in [0.3, 0.4) is 0 Å². The summed E-state index contributed by atoms with van der Waals surface area (Å²) in [6.45, 7) is 0. The summed E-state index contributed by atoms with van der Waals surface area (Å²) < 4.78 is 0.972. The Morgan fingerprint density at radius 3 is 2.50 bits per heavy atom. The summed E-state index contributed by atoms with van der Waals surface area (Å²) in [7, 11) is 0. The molecule has 0 saturated carbocycles. The maximum Gasteiger partial charge on any atom is 0.0793 e. The van der Waals surface area contributed by atoms with Crippen LogP contribution in [0.15, 0.2) is 53.0 Å². The molecule has 0 aliphatic carbocycles. The molecule has 0 fully saturated rings. The smallest absolute Gasteiger partial charge is 0.0793 e. The number of halogens is 2. The fraction of sp³-hybridized carbons (Fsp3) is 0.200. The summed E-state index contributed by atoms with van der Waals surface area (Å²) in [5.41, 5.74) is 2.01. The molecule has 0 aliphatic heterocycles. The van der Waals surface area contributed by atoms with E-state index in [2.05, 4.69) is 15.9 Å². The van der Waals surface area contributed by atoms with Crippen molar-refractivity contribution in [2.75, 3.05) is 0 Å². The molecule has 0 amide bonds. The molecule has 2 rings (SSSR count). The van der Waals surface area contributed by atoms with Gasteiger partial charge in [-0.2, -0.15) is 0 Å². The molecule has 0 bridgehead atoms. The third-order valence-electron chi connectivity index (χ3n) is 2.89. The molecule has 0 aromatic heterocycles. The van der Waals surface area contributed by atoms with Gasteiger partial charge in [0.25, 0.3) is 0 Å². The lowest BCUT2D eigenvalue weighted by atomic mass is 10.0. The first-order valence-corrected chi connectivity index (χ1v) is 7.01. The van der Waals surface area contributed by atoms with Crippen molar-refractivity contribution in [3.05, 3.63) is 69.2 Å². The molecule has 0 spiro atoms. The first kappa shape index (κ1) is 13.6. The van der Waals surface area contributed by atoms with Crippen LogP contribution in [0.1, 0.15) is 23.7 Å². The summed E-state index contributed by atoms with van der Waals surface area (Å²) in [5, 5.41) is 10.8. The van der Waals surface area contributed by atoms with Gasteiger partial charge in [-0.3, -0.25) is 0 Å². The predicted octanol–water partition coefficient (Wildman–Crippen LogP) is 4.77. The van der Waals surface area contributed by atoms with Gasteiger partial charge in [-0.1, -0.05) is 63.9 Å². The van der Waals surface area contributed by atoms with Crippen molar-refractivity contribution in [1.29, 1.82) is 0 Å². The fourth-order valence-electron chi connectivity index (χ4n) is 1.86. The molecular formula is C15H14BrClO. The lowest BCUT2D eigenvalue weighted by Gasteiger charge is -2.11. The largest absolute Gasteiger partial charge is 0.388 e. The summed E-state index contributed by atoms with van der Waals surface area (Å²) in [6, 6.07) is 15.5. The van der Waals surface area contributed by atoms with Gasteiger partial charge >= 0.3 is 0 Å². The number of aryl methyl sites for hydroxylation is 1. The lowest BCUT2D eigenvalue weighted by Crippen LogP contribution is -1.99. The molecule has 2 aromatic carbocycles. The van der Waals surface area contributed by atoms with Gasteiger partial charge in [-0.05, 0) is 36.1 Å². The second-order valence-electron chi connectivity index (χ2n) is 4.20. The highest BCUT2D eigenvalue weighted by molar-refractivity contribution is 9.10. The highest BCUT2D eigenvalue weighted by atomic mass is 79.9. The van der Waals surface area contributed by atoms with Crippen LogP contribution in [0.2, 0.25) is 5.02 Å². The van der Waals surface area contributed by atoms with E-state index in [1.54, 1.807) is 0 Å². The molecule has 94 valence electrons. The average molecular weight is 326 g/mol. The molecule has 0 heterocycles. The van der Waals surface area contributed by atoms with E-state index in [1.165, 1.54) is 0 Å². The number of hydrogen-bond donors (Lipinski definition) is 1. The van der Waals surface area contributed by atoms with Crippen molar-refractivity contribution in [1.82, 2.24) is 0 Å². The summed E-state index contributed by atoms with van der Waals surface area (Å²) in [5.74, 6) is 0. The van der Waals surface area contributed by atoms with Crippen LogP contribution in [0.5, 0.6) is 0 Å². The van der Waals surface area contributed by atoms with E-state index in [0.717, 1.165) is 27.0 Å². The molecule has 0 radical (unpaired) electrons. The first-order chi connectivity index (χ1) is 8.66. The molecule has 1 unspecified atom stereocenters. The van der Waals surface area contributed by atoms with Crippen molar-refractivity contribution in [3.8, 4) is 0 Å². The van der Waals surface area contributed by atoms with Crippen LogP contribution in [0, 0.1) is 0 Å². The molecule has 3 heteroatoms. The van der Waals surface area contributed by atoms with E-state index >= 15 is 0 Å². The molecule has 1 N–H and O–H groups in total. The second-order valence-corrected chi connectivity index (χ2v) is 5.52. The normalized spacial score (nSPS) is 12.4. The molecule has 2 aromatic rings. The Morgan fingerprint density at radius 1 is 1.11 bits per heavy atom. The Kier molecular flexibility index (Phi) is 4.81. The SMILES string of the molecule is OC(CCc1ccc(Br)cc1Cl)c1ccccc1. The molecular weight excluding hydrogens is 312 g/mol. The summed E-state index contributed by atoms with van der Waals surface area (Å²) in [4.78, 5) is 0. The number of benzene rings is 2. The summed E-state index contributed by atoms with van der Waals surface area (Å²) in [6.07, 6.45) is 0.999. The topological polar surface area (TPSA) is 20.2 Å². The van der Waals surface area contributed by atoms with E-state index in [4.69, 9.17) is 11.6 Å². The molecule has 0 saturated heterocycles. The quantitative estimate of drug-likeness (QED) is 0.858. The van der Waals surface area contributed by atoms with Gasteiger partial charge in [0.2, 0.25) is 0 Å². The van der Waals surface area contributed by atoms with E-state index in [9.17, 15) is 5.11 Å². The van der Waals surface area contributed by atoms with Crippen LogP contribution in [-0.2, 0) is 6.42 Å². The van der Waals surface area contributed by atoms with Crippen molar-refractivity contribution in [2.24, 2.45) is 0 Å². The van der Waals surface area contributed by atoms with Gasteiger partial charge in [0, 0.05) is 9.50 Å². The van der Waals surface area contributed by atoms with E-state index in [0.29, 0.717) is 6.42 Å². The number of hydrogen-bond acceptors (Lipinski definition) is 1. The van der Waals surface area contributed by atoms with Crippen LogP contribution < -0.4 is 0 Å². The zero-order valence-corrected chi connectivity index (χ0v) is 12.2. The van der Waals surface area contributed by atoms with E-state index in [1.807, 2.05) is 48.5 Å². The Balaban J connectivity index is 1.99. The number of rotatable bonds is 4. The Morgan fingerprint density at radius 2 is 1.83 bits per heavy atom. The monoisotopic (exact) mass is 324 g/mol. The molecule has 1 atom stereocenters. The van der Waals surface area contributed by atoms with Gasteiger partial charge < -0.3 is 5.11 Å². The minimum atomic E-state index is -0.439. The summed E-state index contributed by atoms with van der Waals surface area (Å²) >= 11 is 9.53. The van der Waals surface area contributed by atoms with E-state index in [-0.39, 0.29) is 0 Å². The lowest BCUT2D eigenvalue weighted by molar-refractivity contribution is 0.168. The van der Waals surface area contributed by atoms with Gasteiger partial charge in [0.1, 0.15) is 0 Å². The van der Waals surface area contributed by atoms with Crippen molar-refractivity contribution < 1.29 is 5.11 Å². The predicted molar refractivity (Wildman–Crippen MR) is 78.9 cm³/mol. The van der Waals surface area contributed by atoms with Gasteiger partial charge in [0.05, 0.1) is 6.10 Å². The highest BCUT2D eigenvalue weighted by Crippen LogP contribution is 2.25. The number of aliphatic hydroxyl groups is 1. The van der Waals surface area contributed by atoms with E-state index < -0.39 is 6.10 Å². The Labute approximate surface area is 121 Å².